The molecule has 0 aliphatic heterocycles. The Morgan fingerprint density at radius 3 is 2.60 bits per heavy atom. The number of esters is 1. The van der Waals surface area contributed by atoms with E-state index in [4.69, 9.17) is 4.74 Å². The molecule has 4 saturated carbocycles. The third-order valence-electron chi connectivity index (χ3n) is 10.4. The van der Waals surface area contributed by atoms with E-state index in [1.807, 2.05) is 6.08 Å². The third kappa shape index (κ3) is 3.39. The Morgan fingerprint density at radius 2 is 1.80 bits per heavy atom. The molecule has 30 heavy (non-hydrogen) atoms. The molecule has 0 saturated heterocycles. The molecule has 0 aromatic heterocycles. The molecule has 0 heterocycles. The van der Waals surface area contributed by atoms with Gasteiger partial charge in [0.05, 0.1) is 0 Å². The molecular formula is C27H40O3. The second-order valence-corrected chi connectivity index (χ2v) is 11.8. The lowest BCUT2D eigenvalue weighted by Gasteiger charge is -2.57. The summed E-state index contributed by atoms with van der Waals surface area (Å²) in [6, 6.07) is 0. The summed E-state index contributed by atoms with van der Waals surface area (Å²) in [5.41, 5.74) is 1.83. The SMILES string of the molecule is C[C@]12CC[C@@H]3[C@@H](CCC4=CC(=O)CC[C@@]43C)[C@@H]1CC[C@@H]2OC(=O)CCC1CCCC1. The number of allylic oxidation sites excluding steroid dienone is 1. The van der Waals surface area contributed by atoms with E-state index in [2.05, 4.69) is 13.8 Å². The summed E-state index contributed by atoms with van der Waals surface area (Å²) in [7, 11) is 0. The fourth-order valence-electron chi connectivity index (χ4n) is 8.54. The van der Waals surface area contributed by atoms with Crippen molar-refractivity contribution in [2.24, 2.45) is 34.5 Å². The summed E-state index contributed by atoms with van der Waals surface area (Å²) in [5, 5.41) is 0. The van der Waals surface area contributed by atoms with E-state index in [1.54, 1.807) is 0 Å². The number of fused-ring (bicyclic) bond motifs is 5. The fraction of sp³-hybridized carbons (Fsp3) is 0.852. The van der Waals surface area contributed by atoms with Crippen molar-refractivity contribution >= 4 is 11.8 Å². The van der Waals surface area contributed by atoms with Gasteiger partial charge in [0.1, 0.15) is 6.10 Å². The Labute approximate surface area is 182 Å². The lowest BCUT2D eigenvalue weighted by molar-refractivity contribution is -0.160. The first-order chi connectivity index (χ1) is 14.4. The zero-order chi connectivity index (χ0) is 20.9. The van der Waals surface area contributed by atoms with E-state index >= 15 is 0 Å². The van der Waals surface area contributed by atoms with Crippen molar-refractivity contribution in [1.82, 2.24) is 0 Å². The van der Waals surface area contributed by atoms with Gasteiger partial charge in [0.25, 0.3) is 0 Å². The molecular weight excluding hydrogens is 372 g/mol. The molecule has 3 heteroatoms. The van der Waals surface area contributed by atoms with E-state index < -0.39 is 0 Å². The van der Waals surface area contributed by atoms with Crippen molar-refractivity contribution in [3.8, 4) is 0 Å². The quantitative estimate of drug-likeness (QED) is 0.502. The van der Waals surface area contributed by atoms with Crippen molar-refractivity contribution in [3.05, 3.63) is 11.6 Å². The number of hydrogen-bond acceptors (Lipinski definition) is 3. The van der Waals surface area contributed by atoms with Crippen LogP contribution < -0.4 is 0 Å². The molecule has 0 radical (unpaired) electrons. The number of rotatable bonds is 4. The molecule has 0 aromatic rings. The average Bonchev–Trinajstić information content (AvgIpc) is 3.35. The van der Waals surface area contributed by atoms with Crippen LogP contribution in [-0.4, -0.2) is 17.9 Å². The Balaban J connectivity index is 1.25. The summed E-state index contributed by atoms with van der Waals surface area (Å²) in [6.45, 7) is 4.87. The standard InChI is InChI=1S/C27H40O3/c1-26-15-13-20(28)17-19(26)8-9-21-22-10-11-24(27(22,2)16-14-23(21)26)30-25(29)12-7-18-5-3-4-6-18/h17-18,21-24H,3-16H2,1-2H3/t21-,22-,23+,24-,26-,27-/m0/s1. The molecule has 4 fully saturated rings. The highest BCUT2D eigenvalue weighted by Crippen LogP contribution is 2.65. The number of ether oxygens (including phenoxy) is 1. The molecule has 0 unspecified atom stereocenters. The molecule has 5 aliphatic rings. The minimum Gasteiger partial charge on any atom is -0.462 e. The summed E-state index contributed by atoms with van der Waals surface area (Å²) >= 11 is 0. The van der Waals surface area contributed by atoms with Gasteiger partial charge >= 0.3 is 5.97 Å². The zero-order valence-corrected chi connectivity index (χ0v) is 19.1. The van der Waals surface area contributed by atoms with Crippen molar-refractivity contribution in [1.29, 1.82) is 0 Å². The molecule has 6 atom stereocenters. The molecule has 0 N–H and O–H groups in total. The Bertz CT molecular complexity index is 732. The van der Waals surface area contributed by atoms with Gasteiger partial charge in [-0.15, -0.1) is 0 Å². The summed E-state index contributed by atoms with van der Waals surface area (Å²) in [5.74, 6) is 3.28. The highest BCUT2D eigenvalue weighted by atomic mass is 16.5. The average molecular weight is 413 g/mol. The Morgan fingerprint density at radius 1 is 1.00 bits per heavy atom. The second kappa shape index (κ2) is 7.78. The van der Waals surface area contributed by atoms with E-state index in [0.29, 0.717) is 24.0 Å². The minimum absolute atomic E-state index is 0.0579. The van der Waals surface area contributed by atoms with Crippen molar-refractivity contribution < 1.29 is 14.3 Å². The molecule has 0 bridgehead atoms. The van der Waals surface area contributed by atoms with Crippen LogP contribution in [0.25, 0.3) is 0 Å². The van der Waals surface area contributed by atoms with Gasteiger partial charge in [0, 0.05) is 18.3 Å². The summed E-state index contributed by atoms with van der Waals surface area (Å²) in [4.78, 5) is 24.7. The molecule has 3 nitrogen and oxygen atoms in total. The smallest absolute Gasteiger partial charge is 0.306 e. The van der Waals surface area contributed by atoms with Crippen LogP contribution in [0, 0.1) is 34.5 Å². The van der Waals surface area contributed by atoms with Crippen molar-refractivity contribution in [2.45, 2.75) is 110 Å². The predicted octanol–water partition coefficient (Wildman–Crippen LogP) is 6.40. The highest BCUT2D eigenvalue weighted by Gasteiger charge is 2.59. The van der Waals surface area contributed by atoms with Crippen LogP contribution in [0.3, 0.4) is 0 Å². The minimum atomic E-state index is 0.0579. The van der Waals surface area contributed by atoms with Crippen LogP contribution in [0.2, 0.25) is 0 Å². The normalized spacial score (nSPS) is 43.5. The summed E-state index contributed by atoms with van der Waals surface area (Å²) in [6.07, 6.45) is 17.8. The topological polar surface area (TPSA) is 43.4 Å². The number of carbonyl (C=O) groups is 2. The largest absolute Gasteiger partial charge is 0.462 e. The van der Waals surface area contributed by atoms with Crippen LogP contribution in [0.1, 0.15) is 104 Å². The number of carbonyl (C=O) groups excluding carboxylic acids is 2. The van der Waals surface area contributed by atoms with Gasteiger partial charge < -0.3 is 4.74 Å². The molecule has 5 rings (SSSR count). The van der Waals surface area contributed by atoms with Gasteiger partial charge in [0.15, 0.2) is 5.78 Å². The van der Waals surface area contributed by atoms with Crippen LogP contribution >= 0.6 is 0 Å². The van der Waals surface area contributed by atoms with E-state index in [1.165, 1.54) is 56.9 Å². The van der Waals surface area contributed by atoms with Crippen LogP contribution in [-0.2, 0) is 14.3 Å². The molecule has 0 aromatic carbocycles. The molecule has 0 spiro atoms. The maximum atomic E-state index is 12.7. The number of ketones is 1. The predicted molar refractivity (Wildman–Crippen MR) is 118 cm³/mol. The molecule has 0 amide bonds. The first-order valence-electron chi connectivity index (χ1n) is 12.8. The monoisotopic (exact) mass is 412 g/mol. The fourth-order valence-corrected chi connectivity index (χ4v) is 8.54. The second-order valence-electron chi connectivity index (χ2n) is 11.8. The lowest BCUT2D eigenvalue weighted by atomic mass is 9.47. The lowest BCUT2D eigenvalue weighted by Crippen LogP contribution is -2.51. The van der Waals surface area contributed by atoms with Crippen molar-refractivity contribution in [2.75, 3.05) is 0 Å². The van der Waals surface area contributed by atoms with Gasteiger partial charge in [-0.05, 0) is 86.5 Å². The third-order valence-corrected chi connectivity index (χ3v) is 10.4. The van der Waals surface area contributed by atoms with E-state index in [-0.39, 0.29) is 22.9 Å². The Kier molecular flexibility index (Phi) is 5.39. The maximum Gasteiger partial charge on any atom is 0.306 e. The first kappa shape index (κ1) is 20.8. The van der Waals surface area contributed by atoms with Crippen molar-refractivity contribution in [3.63, 3.8) is 0 Å². The van der Waals surface area contributed by atoms with Crippen LogP contribution in [0.15, 0.2) is 11.6 Å². The van der Waals surface area contributed by atoms with Crippen LogP contribution in [0.5, 0.6) is 0 Å². The Hall–Kier alpha value is -1.12. The van der Waals surface area contributed by atoms with Gasteiger partial charge in [-0.1, -0.05) is 45.1 Å². The molecule has 5 aliphatic carbocycles. The van der Waals surface area contributed by atoms with Crippen LogP contribution in [0.4, 0.5) is 0 Å². The van der Waals surface area contributed by atoms with Gasteiger partial charge in [0.2, 0.25) is 0 Å². The van der Waals surface area contributed by atoms with Gasteiger partial charge in [-0.25, -0.2) is 0 Å². The molecule has 166 valence electrons. The van der Waals surface area contributed by atoms with Gasteiger partial charge in [-0.2, -0.15) is 0 Å². The van der Waals surface area contributed by atoms with Gasteiger partial charge in [-0.3, -0.25) is 9.59 Å². The zero-order valence-electron chi connectivity index (χ0n) is 19.1. The van der Waals surface area contributed by atoms with E-state index in [9.17, 15) is 9.59 Å². The number of hydrogen-bond donors (Lipinski definition) is 0. The summed E-state index contributed by atoms with van der Waals surface area (Å²) < 4.78 is 6.17. The first-order valence-corrected chi connectivity index (χ1v) is 12.8. The maximum absolute atomic E-state index is 12.7. The van der Waals surface area contributed by atoms with E-state index in [0.717, 1.165) is 43.9 Å². The highest BCUT2D eigenvalue weighted by molar-refractivity contribution is 5.91.